The van der Waals surface area contributed by atoms with E-state index in [4.69, 9.17) is 9.97 Å². The van der Waals surface area contributed by atoms with Gasteiger partial charge in [0, 0.05) is 64.3 Å². The van der Waals surface area contributed by atoms with E-state index in [0.717, 1.165) is 39.6 Å². The fraction of sp³-hybridized carbons (Fsp3) is 0.0612. The van der Waals surface area contributed by atoms with E-state index in [0.29, 0.717) is 0 Å². The van der Waals surface area contributed by atoms with Crippen molar-refractivity contribution in [2.45, 2.75) is 19.3 Å². The van der Waals surface area contributed by atoms with Crippen LogP contribution < -0.4 is 0 Å². The van der Waals surface area contributed by atoms with Crippen LogP contribution in [0.15, 0.2) is 164 Å². The highest BCUT2D eigenvalue weighted by molar-refractivity contribution is 7.26. The summed E-state index contributed by atoms with van der Waals surface area (Å²) in [5.41, 5.74) is 14.0. The van der Waals surface area contributed by atoms with Gasteiger partial charge in [0.1, 0.15) is 0 Å². The lowest BCUT2D eigenvalue weighted by molar-refractivity contribution is 0.667. The summed E-state index contributed by atoms with van der Waals surface area (Å²) in [4.78, 5) is 10.1. The van der Waals surface area contributed by atoms with E-state index >= 15 is 0 Å². The first kappa shape index (κ1) is 30.3. The van der Waals surface area contributed by atoms with Crippen molar-refractivity contribution in [2.24, 2.45) is 0 Å². The number of aromatic nitrogens is 3. The lowest BCUT2D eigenvalue weighted by atomic mass is 9.80. The third kappa shape index (κ3) is 4.39. The summed E-state index contributed by atoms with van der Waals surface area (Å²) >= 11 is 1.93. The molecule has 1 aliphatic carbocycles. The van der Waals surface area contributed by atoms with Crippen molar-refractivity contribution in [1.29, 1.82) is 0 Å². The van der Waals surface area contributed by atoms with Gasteiger partial charge in [-0.1, -0.05) is 147 Å². The smallest absolute Gasteiger partial charge is 0.160 e. The van der Waals surface area contributed by atoms with Crippen LogP contribution in [0.25, 0.3) is 92.7 Å². The van der Waals surface area contributed by atoms with Crippen LogP contribution in [0.5, 0.6) is 0 Å². The Morgan fingerprint density at radius 1 is 0.547 bits per heavy atom. The molecule has 10 aromatic rings. The van der Waals surface area contributed by atoms with Gasteiger partial charge in [0.15, 0.2) is 5.82 Å². The molecule has 0 atom stereocenters. The van der Waals surface area contributed by atoms with E-state index in [2.05, 4.69) is 158 Å². The van der Waals surface area contributed by atoms with Crippen molar-refractivity contribution in [3.8, 4) is 50.7 Å². The van der Waals surface area contributed by atoms with Crippen LogP contribution in [0, 0.1) is 0 Å². The highest BCUT2D eigenvalue weighted by atomic mass is 32.1. The molecule has 0 fully saturated rings. The Bertz CT molecular complexity index is 3000. The summed E-state index contributed by atoms with van der Waals surface area (Å²) in [6.07, 6.45) is 0. The molecule has 11 rings (SSSR count). The molecule has 0 radical (unpaired) electrons. The molecule has 0 unspecified atom stereocenters. The van der Waals surface area contributed by atoms with Crippen molar-refractivity contribution in [1.82, 2.24) is 14.5 Å². The van der Waals surface area contributed by atoms with Crippen LogP contribution in [0.3, 0.4) is 0 Å². The molecular weight excluding hydrogens is 663 g/mol. The van der Waals surface area contributed by atoms with Gasteiger partial charge in [-0.2, -0.15) is 0 Å². The van der Waals surface area contributed by atoms with E-state index in [-0.39, 0.29) is 5.41 Å². The molecule has 3 heterocycles. The van der Waals surface area contributed by atoms with Gasteiger partial charge in [-0.3, -0.25) is 0 Å². The molecule has 0 saturated heterocycles. The van der Waals surface area contributed by atoms with Gasteiger partial charge < -0.3 is 4.57 Å². The van der Waals surface area contributed by atoms with Gasteiger partial charge in [0.25, 0.3) is 0 Å². The molecule has 4 heteroatoms. The fourth-order valence-electron chi connectivity index (χ4n) is 8.81. The van der Waals surface area contributed by atoms with Crippen LogP contribution in [-0.2, 0) is 5.41 Å². The molecule has 0 saturated carbocycles. The number of rotatable bonds is 4. The number of hydrogen-bond donors (Lipinski definition) is 0. The molecule has 250 valence electrons. The van der Waals surface area contributed by atoms with E-state index < -0.39 is 0 Å². The van der Waals surface area contributed by atoms with Gasteiger partial charge in [-0.25, -0.2) is 9.97 Å². The number of fused-ring (bicyclic) bond motifs is 12. The van der Waals surface area contributed by atoms with Gasteiger partial charge in [-0.05, 0) is 47.0 Å². The van der Waals surface area contributed by atoms with Crippen molar-refractivity contribution in [2.75, 3.05) is 0 Å². The molecule has 0 aliphatic heterocycles. The molecule has 3 nitrogen and oxygen atoms in total. The average Bonchev–Trinajstić information content (AvgIpc) is 3.84. The van der Waals surface area contributed by atoms with Crippen LogP contribution >= 0.6 is 11.3 Å². The monoisotopic (exact) mass is 695 g/mol. The van der Waals surface area contributed by atoms with Crippen LogP contribution in [-0.4, -0.2) is 14.5 Å². The number of hydrogen-bond acceptors (Lipinski definition) is 3. The van der Waals surface area contributed by atoms with Crippen molar-refractivity contribution >= 4 is 53.3 Å². The Morgan fingerprint density at radius 3 is 1.91 bits per heavy atom. The largest absolute Gasteiger partial charge is 0.309 e. The molecule has 3 aromatic heterocycles. The molecule has 7 aromatic carbocycles. The Labute approximate surface area is 311 Å². The zero-order chi connectivity index (χ0) is 35.3. The van der Waals surface area contributed by atoms with Crippen LogP contribution in [0.1, 0.15) is 25.0 Å². The number of para-hydroxylation sites is 1. The van der Waals surface area contributed by atoms with E-state index in [1.807, 2.05) is 35.6 Å². The van der Waals surface area contributed by atoms with Gasteiger partial charge in [0.2, 0.25) is 0 Å². The quantitative estimate of drug-likeness (QED) is 0.183. The van der Waals surface area contributed by atoms with Crippen LogP contribution in [0.4, 0.5) is 0 Å². The van der Waals surface area contributed by atoms with E-state index in [1.54, 1.807) is 0 Å². The summed E-state index contributed by atoms with van der Waals surface area (Å²) in [5, 5.41) is 5.29. The maximum atomic E-state index is 5.12. The van der Waals surface area contributed by atoms with Crippen molar-refractivity contribution < 1.29 is 0 Å². The van der Waals surface area contributed by atoms with Gasteiger partial charge in [0.05, 0.1) is 22.4 Å². The topological polar surface area (TPSA) is 30.7 Å². The first-order chi connectivity index (χ1) is 26.1. The predicted molar refractivity (Wildman–Crippen MR) is 223 cm³/mol. The lowest BCUT2D eigenvalue weighted by Gasteiger charge is -2.23. The summed E-state index contributed by atoms with van der Waals surface area (Å²) in [5.74, 6) is 0.720. The second kappa shape index (κ2) is 11.3. The Hall–Kier alpha value is -6.36. The number of benzene rings is 7. The van der Waals surface area contributed by atoms with Crippen molar-refractivity contribution in [3.63, 3.8) is 0 Å². The maximum Gasteiger partial charge on any atom is 0.160 e. The van der Waals surface area contributed by atoms with Gasteiger partial charge >= 0.3 is 0 Å². The second-order valence-electron chi connectivity index (χ2n) is 14.5. The maximum absolute atomic E-state index is 5.12. The number of nitrogens with zero attached hydrogens (tertiary/aromatic N) is 3. The van der Waals surface area contributed by atoms with E-state index in [1.165, 1.54) is 64.2 Å². The third-order valence-electron chi connectivity index (χ3n) is 11.2. The molecule has 1 aliphatic rings. The number of thiophene rings is 1. The standard InChI is InChI=1S/C49H33N3S/c1-49(2)37-22-12-9-19-34(37)43-45(49)42-35-20-10-13-23-40(35)52(46(42)44-36-21-11-14-24-41(36)53-47(43)44)33-27-25-31(26-28-33)39-29-38(30-15-5-3-6-16-30)50-48(51-39)32-17-7-4-8-18-32/h3-29H,1-2H3. The summed E-state index contributed by atoms with van der Waals surface area (Å²) in [6.45, 7) is 4.82. The minimum Gasteiger partial charge on any atom is -0.309 e. The van der Waals surface area contributed by atoms with Gasteiger partial charge in [-0.15, -0.1) is 11.3 Å². The predicted octanol–water partition coefficient (Wildman–Crippen LogP) is 13.2. The Balaban J connectivity index is 1.18. The third-order valence-corrected chi connectivity index (χ3v) is 12.4. The Morgan fingerprint density at radius 2 is 1.15 bits per heavy atom. The molecule has 0 bridgehead atoms. The SMILES string of the molecule is CC1(C)c2ccccc2-c2c1c1c3ccccc3n(-c3ccc(-c4cc(-c5ccccc5)nc(-c5ccccc5)n4)cc3)c1c1c2sc2ccccc21. The zero-order valence-electron chi connectivity index (χ0n) is 29.3. The summed E-state index contributed by atoms with van der Waals surface area (Å²) < 4.78 is 5.20. The highest BCUT2D eigenvalue weighted by Gasteiger charge is 2.40. The zero-order valence-corrected chi connectivity index (χ0v) is 30.2. The first-order valence-corrected chi connectivity index (χ1v) is 19.0. The fourth-order valence-corrected chi connectivity index (χ4v) is 10.1. The molecular formula is C49H33N3S. The van der Waals surface area contributed by atoms with E-state index in [9.17, 15) is 0 Å². The first-order valence-electron chi connectivity index (χ1n) is 18.2. The average molecular weight is 696 g/mol. The summed E-state index contributed by atoms with van der Waals surface area (Å²) in [6, 6.07) is 58.7. The summed E-state index contributed by atoms with van der Waals surface area (Å²) in [7, 11) is 0. The molecule has 53 heavy (non-hydrogen) atoms. The van der Waals surface area contributed by atoms with Crippen molar-refractivity contribution in [3.05, 3.63) is 175 Å². The molecule has 0 amide bonds. The minimum atomic E-state index is -0.159. The molecule has 0 spiro atoms. The highest BCUT2D eigenvalue weighted by Crippen LogP contribution is 2.58. The second-order valence-corrected chi connectivity index (χ2v) is 15.6. The minimum absolute atomic E-state index is 0.159. The molecule has 0 N–H and O–H groups in total. The Kier molecular flexibility index (Phi) is 6.47. The normalized spacial score (nSPS) is 13.2. The van der Waals surface area contributed by atoms with Crippen LogP contribution in [0.2, 0.25) is 0 Å². The lowest BCUT2D eigenvalue weighted by Crippen LogP contribution is -2.15.